The predicted molar refractivity (Wildman–Crippen MR) is 48.7 cm³/mol. The van der Waals surface area contributed by atoms with Gasteiger partial charge in [-0.25, -0.2) is 4.79 Å². The zero-order chi connectivity index (χ0) is 9.68. The molecule has 0 unspecified atom stereocenters. The number of rotatable bonds is 4. The van der Waals surface area contributed by atoms with Crippen LogP contribution in [0.3, 0.4) is 0 Å². The number of nitrogens with one attached hydrogen (secondary N) is 2. The van der Waals surface area contributed by atoms with E-state index in [1.54, 1.807) is 4.90 Å². The van der Waals surface area contributed by atoms with E-state index in [9.17, 15) is 9.59 Å². The molecule has 1 saturated heterocycles. The van der Waals surface area contributed by atoms with E-state index in [0.717, 1.165) is 0 Å². The van der Waals surface area contributed by atoms with Gasteiger partial charge >= 0.3 is 6.03 Å². The molecule has 1 aliphatic rings. The number of nitrogens with zero attached hydrogens (tertiary/aromatic N) is 1. The minimum absolute atomic E-state index is 0.0355. The molecular weight excluding hydrogens is 194 g/mol. The second-order valence-corrected chi connectivity index (χ2v) is 2.97. The minimum Gasteiger partial charge on any atom is -0.353 e. The van der Waals surface area contributed by atoms with E-state index in [4.69, 9.17) is 11.6 Å². The van der Waals surface area contributed by atoms with Crippen molar-refractivity contribution in [2.24, 2.45) is 0 Å². The molecule has 0 radical (unpaired) electrons. The van der Waals surface area contributed by atoms with Crippen molar-refractivity contribution >= 4 is 23.5 Å². The molecule has 1 rings (SSSR count). The second kappa shape index (κ2) is 4.91. The molecule has 1 heterocycles. The van der Waals surface area contributed by atoms with E-state index in [2.05, 4.69) is 10.6 Å². The van der Waals surface area contributed by atoms with Crippen molar-refractivity contribution in [3.63, 3.8) is 0 Å². The highest BCUT2D eigenvalue weighted by Crippen LogP contribution is 1.94. The summed E-state index contributed by atoms with van der Waals surface area (Å²) in [5.41, 5.74) is 0. The molecule has 1 aliphatic heterocycles. The Labute approximate surface area is 81.4 Å². The number of alkyl halides is 1. The first-order chi connectivity index (χ1) is 6.24. The Bertz CT molecular complexity index is 210. The number of carbonyl (C=O) groups excluding carboxylic acids is 2. The predicted octanol–water partition coefficient (Wildman–Crippen LogP) is -0.633. The van der Waals surface area contributed by atoms with Crippen LogP contribution in [0, 0.1) is 0 Å². The highest BCUT2D eigenvalue weighted by Gasteiger charge is 2.18. The first-order valence-electron chi connectivity index (χ1n) is 4.09. The molecule has 0 bridgehead atoms. The van der Waals surface area contributed by atoms with Crippen molar-refractivity contribution in [1.82, 2.24) is 15.5 Å². The quantitative estimate of drug-likeness (QED) is 0.601. The van der Waals surface area contributed by atoms with Crippen LogP contribution in [0.5, 0.6) is 0 Å². The van der Waals surface area contributed by atoms with Crippen LogP contribution in [0.1, 0.15) is 0 Å². The standard InChI is InChI=1S/C7H12ClN3O2/c8-5-6(12)9-1-3-11-4-2-10-7(11)13/h1-5H2,(H,9,12)(H,10,13). The lowest BCUT2D eigenvalue weighted by molar-refractivity contribution is -0.118. The monoisotopic (exact) mass is 205 g/mol. The maximum Gasteiger partial charge on any atom is 0.317 e. The molecule has 0 atom stereocenters. The van der Waals surface area contributed by atoms with Crippen LogP contribution in [-0.4, -0.2) is 48.9 Å². The molecule has 6 heteroatoms. The van der Waals surface area contributed by atoms with Gasteiger partial charge in [-0.1, -0.05) is 0 Å². The zero-order valence-corrected chi connectivity index (χ0v) is 7.93. The third-order valence-corrected chi connectivity index (χ3v) is 2.01. The first kappa shape index (κ1) is 10.1. The van der Waals surface area contributed by atoms with Gasteiger partial charge in [0.05, 0.1) is 0 Å². The Balaban J connectivity index is 2.12. The topological polar surface area (TPSA) is 61.4 Å². The average molecular weight is 206 g/mol. The minimum atomic E-state index is -0.207. The van der Waals surface area contributed by atoms with Crippen LogP contribution in [-0.2, 0) is 4.79 Å². The fourth-order valence-corrected chi connectivity index (χ4v) is 1.20. The van der Waals surface area contributed by atoms with E-state index in [-0.39, 0.29) is 17.8 Å². The van der Waals surface area contributed by atoms with Crippen LogP contribution in [0.25, 0.3) is 0 Å². The second-order valence-electron chi connectivity index (χ2n) is 2.70. The van der Waals surface area contributed by atoms with Crippen LogP contribution in [0.15, 0.2) is 0 Å². The molecule has 3 amide bonds. The Morgan fingerprint density at radius 2 is 2.46 bits per heavy atom. The summed E-state index contributed by atoms with van der Waals surface area (Å²) >= 11 is 5.27. The Morgan fingerprint density at radius 1 is 1.69 bits per heavy atom. The average Bonchev–Trinajstić information content (AvgIpc) is 2.52. The Kier molecular flexibility index (Phi) is 3.82. The number of hydrogen-bond acceptors (Lipinski definition) is 2. The fourth-order valence-electron chi connectivity index (χ4n) is 1.10. The summed E-state index contributed by atoms with van der Waals surface area (Å²) in [6.07, 6.45) is 0. The summed E-state index contributed by atoms with van der Waals surface area (Å²) in [5.74, 6) is -0.243. The van der Waals surface area contributed by atoms with Gasteiger partial charge in [-0.3, -0.25) is 4.79 Å². The van der Waals surface area contributed by atoms with Gasteiger partial charge in [0, 0.05) is 26.2 Å². The molecule has 5 nitrogen and oxygen atoms in total. The van der Waals surface area contributed by atoms with Gasteiger partial charge in [-0.05, 0) is 0 Å². The van der Waals surface area contributed by atoms with Gasteiger partial charge < -0.3 is 15.5 Å². The number of hydrogen-bond donors (Lipinski definition) is 2. The number of halogens is 1. The normalized spacial score (nSPS) is 15.8. The molecule has 0 saturated carbocycles. The maximum absolute atomic E-state index is 11.0. The van der Waals surface area contributed by atoms with Gasteiger partial charge in [0.2, 0.25) is 5.91 Å². The van der Waals surface area contributed by atoms with Gasteiger partial charge in [-0.2, -0.15) is 0 Å². The van der Waals surface area contributed by atoms with Crippen LogP contribution in [0.4, 0.5) is 4.79 Å². The molecule has 0 spiro atoms. The van der Waals surface area contributed by atoms with E-state index in [1.165, 1.54) is 0 Å². The summed E-state index contributed by atoms with van der Waals surface area (Å²) in [7, 11) is 0. The summed E-state index contributed by atoms with van der Waals surface area (Å²) in [6, 6.07) is -0.0693. The molecule has 1 fully saturated rings. The number of carbonyl (C=O) groups is 2. The molecule has 0 aromatic rings. The van der Waals surface area contributed by atoms with E-state index in [0.29, 0.717) is 26.2 Å². The summed E-state index contributed by atoms with van der Waals surface area (Å²) in [4.78, 5) is 23.3. The fraction of sp³-hybridized carbons (Fsp3) is 0.714. The molecule has 13 heavy (non-hydrogen) atoms. The molecule has 74 valence electrons. The van der Waals surface area contributed by atoms with Crippen molar-refractivity contribution in [3.8, 4) is 0 Å². The van der Waals surface area contributed by atoms with Crippen LogP contribution >= 0.6 is 11.6 Å². The lowest BCUT2D eigenvalue weighted by Gasteiger charge is -2.13. The Hall–Kier alpha value is -0.970. The van der Waals surface area contributed by atoms with Crippen LogP contribution < -0.4 is 10.6 Å². The van der Waals surface area contributed by atoms with Crippen molar-refractivity contribution in [3.05, 3.63) is 0 Å². The lowest BCUT2D eigenvalue weighted by atomic mass is 10.5. The molecule has 2 N–H and O–H groups in total. The highest BCUT2D eigenvalue weighted by molar-refractivity contribution is 6.27. The molecule has 0 aliphatic carbocycles. The van der Waals surface area contributed by atoms with Gasteiger partial charge in [0.1, 0.15) is 5.88 Å². The smallest absolute Gasteiger partial charge is 0.317 e. The zero-order valence-electron chi connectivity index (χ0n) is 7.18. The number of amides is 3. The van der Waals surface area contributed by atoms with Crippen molar-refractivity contribution in [2.45, 2.75) is 0 Å². The third kappa shape index (κ3) is 3.10. The summed E-state index contributed by atoms with van der Waals surface area (Å²) in [6.45, 7) is 2.38. The third-order valence-electron chi connectivity index (χ3n) is 1.77. The molecule has 0 aromatic carbocycles. The first-order valence-corrected chi connectivity index (χ1v) is 4.63. The van der Waals surface area contributed by atoms with Gasteiger partial charge in [-0.15, -0.1) is 11.6 Å². The number of urea groups is 1. The van der Waals surface area contributed by atoms with E-state index >= 15 is 0 Å². The maximum atomic E-state index is 11.0. The lowest BCUT2D eigenvalue weighted by Crippen LogP contribution is -2.37. The summed E-state index contributed by atoms with van der Waals surface area (Å²) < 4.78 is 0. The van der Waals surface area contributed by atoms with Crippen molar-refractivity contribution < 1.29 is 9.59 Å². The largest absolute Gasteiger partial charge is 0.353 e. The van der Waals surface area contributed by atoms with Gasteiger partial charge in [0.15, 0.2) is 0 Å². The van der Waals surface area contributed by atoms with Crippen LogP contribution in [0.2, 0.25) is 0 Å². The van der Waals surface area contributed by atoms with E-state index in [1.807, 2.05) is 0 Å². The SMILES string of the molecule is O=C(CCl)NCCN1CCNC1=O. The summed E-state index contributed by atoms with van der Waals surface area (Å²) in [5, 5.41) is 5.26. The van der Waals surface area contributed by atoms with Gasteiger partial charge in [0.25, 0.3) is 0 Å². The molecule has 0 aromatic heterocycles. The Morgan fingerprint density at radius 3 is 3.00 bits per heavy atom. The van der Waals surface area contributed by atoms with Crippen molar-refractivity contribution in [2.75, 3.05) is 32.1 Å². The van der Waals surface area contributed by atoms with E-state index < -0.39 is 0 Å². The highest BCUT2D eigenvalue weighted by atomic mass is 35.5. The molecular formula is C7H12ClN3O2. The van der Waals surface area contributed by atoms with Crippen molar-refractivity contribution in [1.29, 1.82) is 0 Å².